The Morgan fingerprint density at radius 1 is 1.06 bits per heavy atom. The molecule has 4 aliphatic rings. The van der Waals surface area contributed by atoms with Gasteiger partial charge in [-0.25, -0.2) is 0 Å². The summed E-state index contributed by atoms with van der Waals surface area (Å²) in [4.78, 5) is 12.1. The highest BCUT2D eigenvalue weighted by Crippen LogP contribution is 2.67. The molecule has 0 amide bonds. The minimum atomic E-state index is -1.11. The van der Waals surface area contributed by atoms with Crippen LogP contribution in [0.25, 0.3) is 0 Å². The molecule has 0 aliphatic heterocycles. The number of allylic oxidation sites excluding steroid dienone is 1. The summed E-state index contributed by atoms with van der Waals surface area (Å²) in [6.07, 6.45) is 15.6. The third-order valence-electron chi connectivity index (χ3n) is 11.0. The molecule has 176 valence electrons. The monoisotopic (exact) mass is 428 g/mol. The summed E-state index contributed by atoms with van der Waals surface area (Å²) in [6.45, 7) is 14.0. The van der Waals surface area contributed by atoms with Crippen LogP contribution in [0.3, 0.4) is 0 Å². The van der Waals surface area contributed by atoms with E-state index in [1.54, 1.807) is 6.92 Å². The highest BCUT2D eigenvalue weighted by Gasteiger charge is 2.60. The summed E-state index contributed by atoms with van der Waals surface area (Å²) in [6, 6.07) is 0. The molecule has 4 aliphatic carbocycles. The second-order valence-corrected chi connectivity index (χ2v) is 13.1. The summed E-state index contributed by atoms with van der Waals surface area (Å²) in [5, 5.41) is 10.9. The Bertz CT molecular complexity index is 722. The first-order chi connectivity index (χ1) is 14.5. The van der Waals surface area contributed by atoms with Gasteiger partial charge in [-0.2, -0.15) is 0 Å². The van der Waals surface area contributed by atoms with Gasteiger partial charge in [-0.3, -0.25) is 4.79 Å². The van der Waals surface area contributed by atoms with E-state index >= 15 is 0 Å². The lowest BCUT2D eigenvalue weighted by molar-refractivity contribution is -0.140. The van der Waals surface area contributed by atoms with Gasteiger partial charge in [0, 0.05) is 6.42 Å². The number of hydrogen-bond donors (Lipinski definition) is 1. The van der Waals surface area contributed by atoms with Gasteiger partial charge in [0.25, 0.3) is 0 Å². The average Bonchev–Trinajstić information content (AvgIpc) is 3.05. The van der Waals surface area contributed by atoms with Crippen LogP contribution in [0.1, 0.15) is 112 Å². The topological polar surface area (TPSA) is 37.3 Å². The lowest BCUT2D eigenvalue weighted by atomic mass is 9.46. The van der Waals surface area contributed by atoms with Crippen molar-refractivity contribution >= 4 is 5.78 Å². The van der Waals surface area contributed by atoms with Crippen LogP contribution < -0.4 is 0 Å². The lowest BCUT2D eigenvalue weighted by Gasteiger charge is -2.59. The van der Waals surface area contributed by atoms with E-state index in [0.717, 1.165) is 41.9 Å². The first kappa shape index (κ1) is 23.5. The van der Waals surface area contributed by atoms with Crippen LogP contribution in [0, 0.1) is 46.3 Å². The molecule has 0 heterocycles. The average molecular weight is 429 g/mol. The van der Waals surface area contributed by atoms with Crippen LogP contribution in [0.2, 0.25) is 0 Å². The zero-order chi connectivity index (χ0) is 22.6. The molecule has 0 aromatic heterocycles. The fourth-order valence-corrected chi connectivity index (χ4v) is 8.97. The van der Waals surface area contributed by atoms with Crippen LogP contribution in [-0.4, -0.2) is 16.5 Å². The third kappa shape index (κ3) is 3.87. The highest BCUT2D eigenvalue weighted by atomic mass is 16.3. The summed E-state index contributed by atoms with van der Waals surface area (Å²) >= 11 is 0. The molecular formula is C29H48O2. The minimum absolute atomic E-state index is 0.0427. The predicted molar refractivity (Wildman–Crippen MR) is 129 cm³/mol. The molecule has 8 atom stereocenters. The van der Waals surface area contributed by atoms with Crippen LogP contribution >= 0.6 is 0 Å². The maximum absolute atomic E-state index is 12.1. The number of hydrogen-bond acceptors (Lipinski definition) is 2. The number of rotatable bonds is 6. The highest BCUT2D eigenvalue weighted by molar-refractivity contribution is 5.85. The molecule has 31 heavy (non-hydrogen) atoms. The number of fused-ring (bicyclic) bond motifs is 5. The number of carbonyl (C=O) groups is 1. The quantitative estimate of drug-likeness (QED) is 0.449. The molecule has 0 bridgehead atoms. The molecule has 2 nitrogen and oxygen atoms in total. The maximum Gasteiger partial charge on any atom is 0.161 e. The van der Waals surface area contributed by atoms with Gasteiger partial charge >= 0.3 is 0 Å². The second kappa shape index (κ2) is 8.30. The molecular weight excluding hydrogens is 380 g/mol. The van der Waals surface area contributed by atoms with Crippen molar-refractivity contribution in [3.05, 3.63) is 11.6 Å². The standard InChI is InChI=1S/C29H48O2/c1-19(2)8-7-9-20(3)24-12-13-25-23-11-10-22-18-29(31,21(4)30)17-16-27(22,5)26(23)14-15-28(24,25)6/h10,19-20,23-26,31H,7-9,11-18H2,1-6H3/t20?,23-,24+,25-,26-,27-,28+,29-/m0/s1. The largest absolute Gasteiger partial charge is 0.382 e. The first-order valence-corrected chi connectivity index (χ1v) is 13.4. The van der Waals surface area contributed by atoms with Gasteiger partial charge in [0.05, 0.1) is 0 Å². The van der Waals surface area contributed by atoms with E-state index in [0.29, 0.717) is 18.3 Å². The van der Waals surface area contributed by atoms with E-state index in [9.17, 15) is 9.90 Å². The van der Waals surface area contributed by atoms with E-state index in [1.807, 2.05) is 0 Å². The van der Waals surface area contributed by atoms with Gasteiger partial charge < -0.3 is 5.11 Å². The number of carbonyl (C=O) groups excluding carboxylic acids is 1. The molecule has 0 aromatic rings. The minimum Gasteiger partial charge on any atom is -0.382 e. The van der Waals surface area contributed by atoms with Crippen molar-refractivity contribution in [2.24, 2.45) is 46.3 Å². The van der Waals surface area contributed by atoms with Gasteiger partial charge in [0.2, 0.25) is 0 Å². The third-order valence-corrected chi connectivity index (χ3v) is 11.0. The molecule has 1 unspecified atom stereocenters. The Kier molecular flexibility index (Phi) is 6.30. The summed E-state index contributed by atoms with van der Waals surface area (Å²) in [5.74, 6) is 4.97. The van der Waals surface area contributed by atoms with Crippen molar-refractivity contribution < 1.29 is 9.90 Å². The zero-order valence-corrected chi connectivity index (χ0v) is 21.2. The van der Waals surface area contributed by atoms with Gasteiger partial charge in [0.1, 0.15) is 5.60 Å². The molecule has 2 heteroatoms. The van der Waals surface area contributed by atoms with Crippen LogP contribution in [0.5, 0.6) is 0 Å². The predicted octanol–water partition coefficient (Wildman–Crippen LogP) is 7.35. The number of ketones is 1. The van der Waals surface area contributed by atoms with E-state index < -0.39 is 5.60 Å². The molecule has 0 aromatic carbocycles. The van der Waals surface area contributed by atoms with Gasteiger partial charge in [-0.15, -0.1) is 0 Å². The summed E-state index contributed by atoms with van der Waals surface area (Å²) in [5.41, 5.74) is 1.02. The summed E-state index contributed by atoms with van der Waals surface area (Å²) < 4.78 is 0. The molecule has 3 saturated carbocycles. The fourth-order valence-electron chi connectivity index (χ4n) is 8.97. The van der Waals surface area contributed by atoms with Gasteiger partial charge in [0.15, 0.2) is 5.78 Å². The molecule has 3 fully saturated rings. The molecule has 0 radical (unpaired) electrons. The van der Waals surface area contributed by atoms with Crippen molar-refractivity contribution in [3.63, 3.8) is 0 Å². The molecule has 1 N–H and O–H groups in total. The van der Waals surface area contributed by atoms with Crippen LogP contribution in [-0.2, 0) is 4.79 Å². The summed E-state index contributed by atoms with van der Waals surface area (Å²) in [7, 11) is 0. The Balaban J connectivity index is 1.51. The first-order valence-electron chi connectivity index (χ1n) is 13.4. The zero-order valence-electron chi connectivity index (χ0n) is 21.2. The SMILES string of the molecule is CC(=O)[C@]1(O)CC[C@@]2(C)C(=CC[C@H]3[C@@H]4CC[C@H](C(C)CCCC(C)C)[C@@]4(C)CC[C@@H]32)C1. The van der Waals surface area contributed by atoms with Crippen LogP contribution in [0.15, 0.2) is 11.6 Å². The van der Waals surface area contributed by atoms with E-state index in [2.05, 4.69) is 40.7 Å². The molecule has 0 saturated heterocycles. The van der Waals surface area contributed by atoms with Gasteiger partial charge in [-0.05, 0) is 98.2 Å². The van der Waals surface area contributed by atoms with Crippen molar-refractivity contribution in [2.45, 2.75) is 118 Å². The van der Waals surface area contributed by atoms with Crippen molar-refractivity contribution in [1.29, 1.82) is 0 Å². The van der Waals surface area contributed by atoms with E-state index in [-0.39, 0.29) is 11.2 Å². The van der Waals surface area contributed by atoms with E-state index in [4.69, 9.17) is 0 Å². The Morgan fingerprint density at radius 2 is 1.81 bits per heavy atom. The number of Topliss-reactive ketones (excluding diaryl/α,β-unsaturated/α-hetero) is 1. The smallest absolute Gasteiger partial charge is 0.161 e. The Hall–Kier alpha value is -0.630. The normalized spacial score (nSPS) is 45.5. The van der Waals surface area contributed by atoms with Crippen molar-refractivity contribution in [3.8, 4) is 0 Å². The molecule has 4 rings (SSSR count). The lowest BCUT2D eigenvalue weighted by Crippen LogP contribution is -2.53. The second-order valence-electron chi connectivity index (χ2n) is 13.1. The van der Waals surface area contributed by atoms with Crippen LogP contribution in [0.4, 0.5) is 0 Å². The maximum atomic E-state index is 12.1. The fraction of sp³-hybridized carbons (Fsp3) is 0.897. The van der Waals surface area contributed by atoms with Crippen molar-refractivity contribution in [1.82, 2.24) is 0 Å². The Morgan fingerprint density at radius 3 is 2.48 bits per heavy atom. The number of aliphatic hydroxyl groups is 1. The van der Waals surface area contributed by atoms with Crippen molar-refractivity contribution in [2.75, 3.05) is 0 Å². The van der Waals surface area contributed by atoms with Gasteiger partial charge in [-0.1, -0.05) is 65.5 Å². The van der Waals surface area contributed by atoms with E-state index in [1.165, 1.54) is 56.9 Å². The molecule has 0 spiro atoms. The Labute approximate surface area is 191 Å².